The molecule has 3 nitrogen and oxygen atoms in total. The number of hydrogen-bond acceptors (Lipinski definition) is 2. The van der Waals surface area contributed by atoms with Gasteiger partial charge in [0.05, 0.1) is 5.41 Å². The van der Waals surface area contributed by atoms with Crippen LogP contribution in [0.4, 0.5) is 0 Å². The Morgan fingerprint density at radius 3 is 2.15 bits per heavy atom. The number of carboxylic acid groups (broad SMARTS) is 1. The van der Waals surface area contributed by atoms with E-state index in [1.54, 1.807) is 0 Å². The first-order valence-corrected chi connectivity index (χ1v) is 13.6. The van der Waals surface area contributed by atoms with E-state index in [0.717, 1.165) is 51.4 Å². The quantitative estimate of drug-likeness (QED) is 0.419. The molecule has 33 heavy (non-hydrogen) atoms. The van der Waals surface area contributed by atoms with Crippen LogP contribution >= 0.6 is 0 Å². The van der Waals surface area contributed by atoms with E-state index in [0.29, 0.717) is 23.5 Å². The van der Waals surface area contributed by atoms with Crippen LogP contribution in [-0.2, 0) is 9.59 Å². The zero-order valence-electron chi connectivity index (χ0n) is 22.1. The smallest absolute Gasteiger partial charge is 0.313 e. The van der Waals surface area contributed by atoms with Crippen LogP contribution in [0, 0.1) is 50.2 Å². The van der Waals surface area contributed by atoms with Gasteiger partial charge in [-0.15, -0.1) is 0 Å². The van der Waals surface area contributed by atoms with Crippen LogP contribution in [0.5, 0.6) is 0 Å². The number of Topliss-reactive ketones (excluding diaryl/α,β-unsaturated/α-hetero) is 1. The summed E-state index contributed by atoms with van der Waals surface area (Å²) in [4.78, 5) is 25.6. The summed E-state index contributed by atoms with van der Waals surface area (Å²) in [6.45, 7) is 16.6. The van der Waals surface area contributed by atoms with Gasteiger partial charge in [-0.3, -0.25) is 9.59 Å². The van der Waals surface area contributed by atoms with E-state index in [2.05, 4.69) is 54.5 Å². The predicted octanol–water partition coefficient (Wildman–Crippen LogP) is 7.44. The number of rotatable bonds is 1. The number of carboxylic acids is 1. The lowest BCUT2D eigenvalue weighted by molar-refractivity contribution is -0.213. The molecule has 0 bridgehead atoms. The Kier molecular flexibility index (Phi) is 4.83. The average Bonchev–Trinajstić information content (AvgIpc) is 2.71. The average molecular weight is 455 g/mol. The lowest BCUT2D eigenvalue weighted by Crippen LogP contribution is -2.65. The molecule has 5 aliphatic carbocycles. The van der Waals surface area contributed by atoms with Crippen molar-refractivity contribution in [2.75, 3.05) is 0 Å². The van der Waals surface area contributed by atoms with Gasteiger partial charge in [0.1, 0.15) is 5.78 Å². The number of hydrogen-bond donors (Lipinski definition) is 1. The molecule has 0 aromatic heterocycles. The van der Waals surface area contributed by atoms with Crippen molar-refractivity contribution < 1.29 is 14.7 Å². The summed E-state index contributed by atoms with van der Waals surface area (Å²) in [5, 5.41) is 10.5. The molecule has 0 saturated heterocycles. The van der Waals surface area contributed by atoms with E-state index in [1.807, 2.05) is 0 Å². The van der Waals surface area contributed by atoms with Gasteiger partial charge < -0.3 is 5.11 Å². The minimum atomic E-state index is -0.636. The maximum Gasteiger partial charge on any atom is 0.313 e. The summed E-state index contributed by atoms with van der Waals surface area (Å²) in [5.41, 5.74) is 1.06. The van der Waals surface area contributed by atoms with Gasteiger partial charge in [-0.05, 0) is 97.2 Å². The van der Waals surface area contributed by atoms with E-state index in [4.69, 9.17) is 0 Å². The second kappa shape index (κ2) is 6.76. The van der Waals surface area contributed by atoms with E-state index in [1.165, 1.54) is 18.4 Å². The molecule has 184 valence electrons. The number of ketones is 1. The molecule has 0 spiro atoms. The molecular weight excluding hydrogens is 408 g/mol. The van der Waals surface area contributed by atoms with E-state index >= 15 is 0 Å². The Morgan fingerprint density at radius 2 is 1.48 bits per heavy atom. The van der Waals surface area contributed by atoms with Crippen molar-refractivity contribution in [2.45, 2.75) is 113 Å². The summed E-state index contributed by atoms with van der Waals surface area (Å²) in [6.07, 6.45) is 12.4. The highest BCUT2D eigenvalue weighted by Gasteiger charge is 2.69. The van der Waals surface area contributed by atoms with Crippen molar-refractivity contribution in [2.24, 2.45) is 50.2 Å². The number of fused-ring (bicyclic) bond motifs is 7. The minimum absolute atomic E-state index is 0.0850. The number of allylic oxidation sites excluding steroid dienone is 1. The highest BCUT2D eigenvalue weighted by Crippen LogP contribution is 2.76. The van der Waals surface area contributed by atoms with Crippen molar-refractivity contribution in [3.63, 3.8) is 0 Å². The molecule has 0 aliphatic heterocycles. The van der Waals surface area contributed by atoms with Gasteiger partial charge in [0.2, 0.25) is 0 Å². The van der Waals surface area contributed by atoms with Crippen LogP contribution in [0.1, 0.15) is 113 Å². The molecule has 3 heteroatoms. The Hall–Kier alpha value is -1.12. The fourth-order valence-corrected chi connectivity index (χ4v) is 10.5. The van der Waals surface area contributed by atoms with Crippen molar-refractivity contribution in [1.82, 2.24) is 0 Å². The van der Waals surface area contributed by atoms with Gasteiger partial charge in [-0.25, -0.2) is 0 Å². The Labute approximate surface area is 201 Å². The summed E-state index contributed by atoms with van der Waals surface area (Å²) < 4.78 is 0. The van der Waals surface area contributed by atoms with Gasteiger partial charge in [0.25, 0.3) is 0 Å². The first kappa shape index (κ1) is 23.6. The second-order valence-corrected chi connectivity index (χ2v) is 14.7. The zero-order valence-corrected chi connectivity index (χ0v) is 22.1. The summed E-state index contributed by atoms with van der Waals surface area (Å²) in [6, 6.07) is 0. The van der Waals surface area contributed by atoms with Gasteiger partial charge >= 0.3 is 5.97 Å². The van der Waals surface area contributed by atoms with Crippen molar-refractivity contribution in [3.8, 4) is 0 Å². The Morgan fingerprint density at radius 1 is 0.818 bits per heavy atom. The highest BCUT2D eigenvalue weighted by molar-refractivity contribution is 5.85. The standard InChI is InChI=1S/C30H46O3/c1-25(2)14-16-30(24(32)33)17-15-28(6)19(20(30)18-25)8-9-22-27(5)12-11-23(31)26(3,4)21(27)10-13-29(22,28)7/h18-19,21-22H,8-17H2,1-7H3,(H,32,33)/t19-,21?,22?,27+,28+,29?,30+/m1/s1. The van der Waals surface area contributed by atoms with Crippen molar-refractivity contribution >= 4 is 11.8 Å². The molecule has 4 fully saturated rings. The van der Waals surface area contributed by atoms with Gasteiger partial charge in [-0.1, -0.05) is 60.1 Å². The van der Waals surface area contributed by atoms with Crippen LogP contribution in [0.15, 0.2) is 11.6 Å². The normalized spacial score (nSPS) is 50.2. The van der Waals surface area contributed by atoms with Crippen LogP contribution < -0.4 is 0 Å². The predicted molar refractivity (Wildman–Crippen MR) is 132 cm³/mol. The van der Waals surface area contributed by atoms with E-state index in [-0.39, 0.29) is 27.1 Å². The molecule has 0 aromatic rings. The van der Waals surface area contributed by atoms with E-state index < -0.39 is 11.4 Å². The summed E-state index contributed by atoms with van der Waals surface area (Å²) in [5.74, 6) is 1.35. The van der Waals surface area contributed by atoms with Crippen molar-refractivity contribution in [3.05, 3.63) is 11.6 Å². The number of carbonyl (C=O) groups excluding carboxylic acids is 1. The summed E-state index contributed by atoms with van der Waals surface area (Å²) >= 11 is 0. The number of aliphatic carboxylic acids is 1. The van der Waals surface area contributed by atoms with Crippen LogP contribution in [0.2, 0.25) is 0 Å². The zero-order chi connectivity index (χ0) is 24.2. The van der Waals surface area contributed by atoms with E-state index in [9.17, 15) is 14.7 Å². The fourth-order valence-electron chi connectivity index (χ4n) is 10.5. The first-order chi connectivity index (χ1) is 15.1. The summed E-state index contributed by atoms with van der Waals surface area (Å²) in [7, 11) is 0. The third-order valence-electron chi connectivity index (χ3n) is 12.8. The highest BCUT2D eigenvalue weighted by atomic mass is 16.4. The number of carbonyl (C=O) groups is 2. The lowest BCUT2D eigenvalue weighted by atomic mass is 9.32. The van der Waals surface area contributed by atoms with Gasteiger partial charge in [0, 0.05) is 11.8 Å². The molecular formula is C30H46O3. The van der Waals surface area contributed by atoms with Gasteiger partial charge in [0.15, 0.2) is 0 Å². The first-order valence-electron chi connectivity index (χ1n) is 13.6. The Bertz CT molecular complexity index is 927. The molecule has 0 amide bonds. The molecule has 5 aliphatic rings. The fraction of sp³-hybridized carbons (Fsp3) is 0.867. The van der Waals surface area contributed by atoms with Crippen LogP contribution in [-0.4, -0.2) is 16.9 Å². The molecule has 4 saturated carbocycles. The van der Waals surface area contributed by atoms with Crippen LogP contribution in [0.3, 0.4) is 0 Å². The minimum Gasteiger partial charge on any atom is -0.481 e. The molecule has 1 N–H and O–H groups in total. The SMILES string of the molecule is CC1(C)C=C2[C@H]3CCC4C(C)(CCC5C(C)(C)C(=O)CC[C@@]54C)[C@@]3(C)CC[C@@]2(C(=O)O)CC1. The molecule has 0 radical (unpaired) electrons. The molecule has 0 heterocycles. The topological polar surface area (TPSA) is 54.4 Å². The Balaban J connectivity index is 1.59. The largest absolute Gasteiger partial charge is 0.481 e. The monoisotopic (exact) mass is 454 g/mol. The molecule has 3 unspecified atom stereocenters. The molecule has 5 rings (SSSR count). The lowest BCUT2D eigenvalue weighted by Gasteiger charge is -2.71. The maximum atomic E-state index is 12.9. The van der Waals surface area contributed by atoms with Crippen molar-refractivity contribution in [1.29, 1.82) is 0 Å². The maximum absolute atomic E-state index is 12.9. The third-order valence-corrected chi connectivity index (χ3v) is 12.8. The van der Waals surface area contributed by atoms with Gasteiger partial charge in [-0.2, -0.15) is 0 Å². The third kappa shape index (κ3) is 2.80. The second-order valence-electron chi connectivity index (χ2n) is 14.7. The molecule has 0 aromatic carbocycles. The molecule has 7 atom stereocenters. The van der Waals surface area contributed by atoms with Crippen LogP contribution in [0.25, 0.3) is 0 Å².